The Morgan fingerprint density at radius 1 is 1.30 bits per heavy atom. The smallest absolute Gasteiger partial charge is 0.192 e. The van der Waals surface area contributed by atoms with Crippen molar-refractivity contribution in [1.29, 1.82) is 0 Å². The van der Waals surface area contributed by atoms with Crippen molar-refractivity contribution in [2.24, 2.45) is 10.7 Å². The molecule has 2 rings (SSSR count). The number of aliphatic imine (C=N–C) groups is 1. The predicted molar refractivity (Wildman–Crippen MR) is 130 cm³/mol. The molecule has 0 spiro atoms. The summed E-state index contributed by atoms with van der Waals surface area (Å²) < 4.78 is 12.3. The summed E-state index contributed by atoms with van der Waals surface area (Å²) in [5, 5.41) is 21.2. The first kappa shape index (κ1) is 25.4. The van der Waals surface area contributed by atoms with Gasteiger partial charge in [-0.2, -0.15) is 0 Å². The third kappa shape index (κ3) is 5.87. The molecule has 0 radical (unpaired) electrons. The maximum atomic E-state index is 10.6. The van der Waals surface area contributed by atoms with Crippen LogP contribution in [-0.4, -0.2) is 86.2 Å². The van der Waals surface area contributed by atoms with E-state index < -0.39 is 39.7 Å². The number of aliphatic hydroxyl groups is 2. The standard InChI is InChI=1S/C21H40N3O4PSi/c1-14-23-19(22)15(13-27-30(8,9)21(2,3)4)12-24(14)20-18(26)17(25)16(28-20)10-11-29(5,6)7/h12,16-18,20,25-26H,1,5,10-11,13H2,2-4,6-9H3,(H2,22,23)/t16-,17-,18-,20?/m1/s1. The van der Waals surface area contributed by atoms with Gasteiger partial charge in [-0.3, -0.25) is 0 Å². The zero-order chi connectivity index (χ0) is 23.1. The average molecular weight is 458 g/mol. The van der Waals surface area contributed by atoms with Gasteiger partial charge in [0.05, 0.1) is 12.7 Å². The van der Waals surface area contributed by atoms with Crippen molar-refractivity contribution in [2.75, 3.05) is 26.1 Å². The van der Waals surface area contributed by atoms with Crippen LogP contribution in [0.4, 0.5) is 0 Å². The monoisotopic (exact) mass is 457 g/mol. The quantitative estimate of drug-likeness (QED) is 0.401. The average Bonchev–Trinajstić information content (AvgIpc) is 2.86. The van der Waals surface area contributed by atoms with Crippen LogP contribution in [0.25, 0.3) is 0 Å². The van der Waals surface area contributed by atoms with Crippen LogP contribution >= 0.6 is 6.89 Å². The van der Waals surface area contributed by atoms with E-state index in [1.54, 1.807) is 11.1 Å². The summed E-state index contributed by atoms with van der Waals surface area (Å²) >= 11 is 0. The van der Waals surface area contributed by atoms with Crippen LogP contribution in [0.3, 0.4) is 0 Å². The Hall–Kier alpha value is -0.893. The van der Waals surface area contributed by atoms with E-state index in [1.165, 1.54) is 0 Å². The summed E-state index contributed by atoms with van der Waals surface area (Å²) in [5.41, 5.74) is 6.84. The molecule has 0 amide bonds. The Kier molecular flexibility index (Phi) is 7.55. The van der Waals surface area contributed by atoms with Gasteiger partial charge in [-0.05, 0) is 44.0 Å². The van der Waals surface area contributed by atoms with Crippen LogP contribution in [0.15, 0.2) is 29.2 Å². The zero-order valence-electron chi connectivity index (χ0n) is 19.6. The summed E-state index contributed by atoms with van der Waals surface area (Å²) in [6.07, 6.45) is 4.23. The number of hydrogen-bond donors (Lipinski definition) is 3. The Bertz CT molecular complexity index is 769. The van der Waals surface area contributed by atoms with E-state index in [4.69, 9.17) is 14.9 Å². The fourth-order valence-electron chi connectivity index (χ4n) is 3.06. The molecule has 0 aromatic rings. The van der Waals surface area contributed by atoms with Gasteiger partial charge in [-0.25, -0.2) is 4.99 Å². The Balaban J connectivity index is 2.16. The van der Waals surface area contributed by atoms with Crippen LogP contribution in [0.5, 0.6) is 0 Å². The van der Waals surface area contributed by atoms with Crippen molar-refractivity contribution in [3.63, 3.8) is 0 Å². The topological polar surface area (TPSA) is 101 Å². The second-order valence-electron chi connectivity index (χ2n) is 10.5. The van der Waals surface area contributed by atoms with Crippen molar-refractivity contribution >= 4 is 27.3 Å². The van der Waals surface area contributed by atoms with Gasteiger partial charge in [-0.15, -0.1) is 13.2 Å². The van der Waals surface area contributed by atoms with Crippen molar-refractivity contribution in [3.8, 4) is 0 Å². The van der Waals surface area contributed by atoms with E-state index in [1.807, 2.05) is 0 Å². The molecule has 1 unspecified atom stereocenters. The minimum atomic E-state index is -1.97. The number of aliphatic hydroxyl groups excluding tert-OH is 2. The van der Waals surface area contributed by atoms with E-state index in [-0.39, 0.29) is 5.04 Å². The molecule has 172 valence electrons. The molecule has 0 aromatic heterocycles. The molecule has 4 atom stereocenters. The van der Waals surface area contributed by atoms with Gasteiger partial charge in [0.2, 0.25) is 0 Å². The van der Waals surface area contributed by atoms with Crippen LogP contribution in [0, 0.1) is 0 Å². The first-order valence-electron chi connectivity index (χ1n) is 10.4. The van der Waals surface area contributed by atoms with E-state index in [2.05, 4.69) is 65.1 Å². The van der Waals surface area contributed by atoms with Gasteiger partial charge in [0.15, 0.2) is 14.5 Å². The van der Waals surface area contributed by atoms with Gasteiger partial charge in [-0.1, -0.05) is 27.4 Å². The first-order chi connectivity index (χ1) is 13.5. The molecule has 7 nitrogen and oxygen atoms in total. The summed E-state index contributed by atoms with van der Waals surface area (Å²) in [6.45, 7) is 18.2. The molecule has 2 heterocycles. The second-order valence-corrected chi connectivity index (χ2v) is 19.6. The van der Waals surface area contributed by atoms with Gasteiger partial charge in [0.25, 0.3) is 0 Å². The molecule has 0 aromatic carbocycles. The second kappa shape index (κ2) is 8.92. The van der Waals surface area contributed by atoms with Gasteiger partial charge >= 0.3 is 0 Å². The SMILES string of the molecule is C=C1N=C(N)C(CO[Si](C)(C)C(C)(C)C)=CN1C1O[C@H](CCP(=C)(C)C)[C@@H](O)[C@H]1O. The summed E-state index contributed by atoms with van der Waals surface area (Å²) in [4.78, 5) is 5.99. The van der Waals surface area contributed by atoms with Crippen molar-refractivity contribution < 1.29 is 19.4 Å². The Morgan fingerprint density at radius 3 is 2.43 bits per heavy atom. The number of amidine groups is 1. The molecule has 0 bridgehead atoms. The molecule has 4 N–H and O–H groups in total. The zero-order valence-corrected chi connectivity index (χ0v) is 21.4. The highest BCUT2D eigenvalue weighted by atomic mass is 31.2. The highest BCUT2D eigenvalue weighted by Gasteiger charge is 2.46. The lowest BCUT2D eigenvalue weighted by Gasteiger charge is -2.37. The van der Waals surface area contributed by atoms with Crippen molar-refractivity contribution in [1.82, 2.24) is 4.90 Å². The maximum Gasteiger partial charge on any atom is 0.192 e. The molecule has 2 aliphatic rings. The highest BCUT2D eigenvalue weighted by Crippen LogP contribution is 2.39. The lowest BCUT2D eigenvalue weighted by molar-refractivity contribution is -0.0582. The van der Waals surface area contributed by atoms with Crippen molar-refractivity contribution in [3.05, 3.63) is 24.2 Å². The van der Waals surface area contributed by atoms with E-state index >= 15 is 0 Å². The third-order valence-electron chi connectivity index (χ3n) is 6.20. The maximum absolute atomic E-state index is 10.6. The van der Waals surface area contributed by atoms with Crippen LogP contribution in [-0.2, 0) is 9.16 Å². The van der Waals surface area contributed by atoms with Gasteiger partial charge in [0, 0.05) is 11.8 Å². The fourth-order valence-corrected chi connectivity index (χ4v) is 4.96. The van der Waals surface area contributed by atoms with Crippen LogP contribution < -0.4 is 5.73 Å². The highest BCUT2D eigenvalue weighted by molar-refractivity contribution is 7.72. The fraction of sp³-hybridized carbons (Fsp3) is 0.714. The van der Waals surface area contributed by atoms with Crippen LogP contribution in [0.2, 0.25) is 18.1 Å². The summed E-state index contributed by atoms with van der Waals surface area (Å²) in [5.74, 6) is 0.716. The molecule has 1 saturated heterocycles. The predicted octanol–water partition coefficient (Wildman–Crippen LogP) is 2.58. The number of rotatable bonds is 7. The number of nitrogens with zero attached hydrogens (tertiary/aromatic N) is 2. The lowest BCUT2D eigenvalue weighted by atomic mass is 10.1. The van der Waals surface area contributed by atoms with E-state index in [0.29, 0.717) is 30.3 Å². The number of ether oxygens (including phenoxy) is 1. The van der Waals surface area contributed by atoms with Crippen LogP contribution in [0.1, 0.15) is 27.2 Å². The lowest BCUT2D eigenvalue weighted by Crippen LogP contribution is -2.44. The molecule has 0 saturated carbocycles. The van der Waals surface area contributed by atoms with Gasteiger partial charge in [0.1, 0.15) is 23.9 Å². The number of nitrogens with two attached hydrogens (primary N) is 1. The molecule has 2 aliphatic heterocycles. The van der Waals surface area contributed by atoms with E-state index in [9.17, 15) is 10.2 Å². The van der Waals surface area contributed by atoms with Gasteiger partial charge < -0.3 is 30.0 Å². The first-order valence-corrected chi connectivity index (χ1v) is 16.3. The summed E-state index contributed by atoms with van der Waals surface area (Å²) in [6, 6.07) is 0. The number of hydrogen-bond acceptors (Lipinski definition) is 7. The third-order valence-corrected chi connectivity index (χ3v) is 12.1. The Morgan fingerprint density at radius 2 is 1.90 bits per heavy atom. The molecular weight excluding hydrogens is 417 g/mol. The molecular formula is C21H40N3O4PSi. The summed E-state index contributed by atoms with van der Waals surface area (Å²) in [7, 11) is -1.97. The largest absolute Gasteiger partial charge is 0.412 e. The Labute approximate surface area is 182 Å². The normalized spacial score (nSPS) is 28.6. The molecule has 9 heteroatoms. The minimum absolute atomic E-state index is 0.0735. The molecule has 1 fully saturated rings. The molecule has 0 aliphatic carbocycles. The minimum Gasteiger partial charge on any atom is -0.412 e. The van der Waals surface area contributed by atoms with Crippen molar-refractivity contribution in [2.45, 2.75) is 69.9 Å². The molecule has 30 heavy (non-hydrogen) atoms. The van der Waals surface area contributed by atoms with E-state index in [0.717, 1.165) is 6.16 Å².